The van der Waals surface area contributed by atoms with Gasteiger partial charge >= 0.3 is 5.97 Å². The molecular formula is C30H23N3O4. The fourth-order valence-corrected chi connectivity index (χ4v) is 3.86. The number of hydrogen-bond acceptors (Lipinski definition) is 5. The monoisotopic (exact) mass is 489 g/mol. The van der Waals surface area contributed by atoms with Crippen LogP contribution in [0.3, 0.4) is 0 Å². The Hall–Kier alpha value is -5.04. The van der Waals surface area contributed by atoms with E-state index >= 15 is 0 Å². The number of carbonyl (C=O) groups excluding carboxylic acids is 3. The van der Waals surface area contributed by atoms with E-state index in [9.17, 15) is 14.4 Å². The Balaban J connectivity index is 1.30. The fourth-order valence-electron chi connectivity index (χ4n) is 3.86. The van der Waals surface area contributed by atoms with Gasteiger partial charge in [0.15, 0.2) is 5.78 Å². The number of esters is 1. The minimum absolute atomic E-state index is 0.0483. The molecule has 0 aliphatic heterocycles. The second kappa shape index (κ2) is 10.3. The number of anilines is 1. The lowest BCUT2D eigenvalue weighted by Gasteiger charge is -2.08. The van der Waals surface area contributed by atoms with Crippen LogP contribution in [0.25, 0.3) is 22.4 Å². The maximum Gasteiger partial charge on any atom is 0.310 e. The van der Waals surface area contributed by atoms with Crippen molar-refractivity contribution in [2.75, 3.05) is 5.32 Å². The number of amides is 1. The van der Waals surface area contributed by atoms with Gasteiger partial charge in [0.1, 0.15) is 11.6 Å². The molecule has 0 saturated carbocycles. The van der Waals surface area contributed by atoms with E-state index in [4.69, 9.17) is 4.74 Å². The van der Waals surface area contributed by atoms with Gasteiger partial charge in [0, 0.05) is 34.4 Å². The Kier molecular flexibility index (Phi) is 6.59. The van der Waals surface area contributed by atoms with Crippen LogP contribution in [-0.2, 0) is 4.79 Å². The molecule has 0 fully saturated rings. The van der Waals surface area contributed by atoms with E-state index in [-0.39, 0.29) is 24.1 Å². The molecule has 182 valence electrons. The van der Waals surface area contributed by atoms with Crippen molar-refractivity contribution in [3.63, 3.8) is 0 Å². The summed E-state index contributed by atoms with van der Waals surface area (Å²) in [4.78, 5) is 44.9. The second-order valence-corrected chi connectivity index (χ2v) is 8.40. The topological polar surface area (TPSA) is 101 Å². The molecule has 0 aliphatic carbocycles. The van der Waals surface area contributed by atoms with Crippen molar-refractivity contribution in [2.45, 2.75) is 13.3 Å². The molecule has 0 atom stereocenters. The lowest BCUT2D eigenvalue weighted by molar-refractivity contribution is -0.134. The molecule has 7 heteroatoms. The number of fused-ring (bicyclic) bond motifs is 1. The molecule has 5 aromatic rings. The van der Waals surface area contributed by atoms with E-state index in [1.807, 2.05) is 42.5 Å². The van der Waals surface area contributed by atoms with Gasteiger partial charge in [-0.1, -0.05) is 43.3 Å². The maximum absolute atomic E-state index is 12.8. The number of rotatable bonds is 7. The zero-order valence-corrected chi connectivity index (χ0v) is 20.0. The number of hydrogen-bond donors (Lipinski definition) is 2. The summed E-state index contributed by atoms with van der Waals surface area (Å²) in [6.45, 7) is 1.71. The molecule has 2 N–H and O–H groups in total. The molecular weight excluding hydrogens is 466 g/mol. The van der Waals surface area contributed by atoms with Crippen molar-refractivity contribution in [2.24, 2.45) is 0 Å². The number of H-pyrrole nitrogens is 1. The first-order valence-electron chi connectivity index (χ1n) is 11.8. The lowest BCUT2D eigenvalue weighted by atomic mass is 10.0. The molecule has 37 heavy (non-hydrogen) atoms. The Morgan fingerprint density at radius 1 is 0.811 bits per heavy atom. The largest absolute Gasteiger partial charge is 0.427 e. The van der Waals surface area contributed by atoms with Crippen molar-refractivity contribution in [1.82, 2.24) is 9.97 Å². The number of aromatic nitrogens is 2. The normalized spacial score (nSPS) is 10.7. The van der Waals surface area contributed by atoms with Gasteiger partial charge in [-0.3, -0.25) is 14.4 Å². The number of aromatic amines is 1. The van der Waals surface area contributed by atoms with Crippen LogP contribution in [0.4, 0.5) is 5.69 Å². The van der Waals surface area contributed by atoms with Crippen LogP contribution in [0, 0.1) is 0 Å². The molecule has 5 rings (SSSR count). The summed E-state index contributed by atoms with van der Waals surface area (Å²) in [5.74, 6) is 0.253. The summed E-state index contributed by atoms with van der Waals surface area (Å²) in [6, 6.07) is 28.3. The fraction of sp³-hybridized carbons (Fsp3) is 0.0667. The average molecular weight is 490 g/mol. The summed E-state index contributed by atoms with van der Waals surface area (Å²) in [5.41, 5.74) is 4.55. The highest BCUT2D eigenvalue weighted by atomic mass is 16.5. The van der Waals surface area contributed by atoms with Gasteiger partial charge in [-0.25, -0.2) is 4.98 Å². The van der Waals surface area contributed by atoms with Crippen LogP contribution in [0.15, 0.2) is 97.1 Å². The predicted octanol–water partition coefficient (Wildman–Crippen LogP) is 6.03. The Labute approximate surface area is 213 Å². The Bertz CT molecular complexity index is 1610. The van der Waals surface area contributed by atoms with Gasteiger partial charge in [0.2, 0.25) is 0 Å². The maximum atomic E-state index is 12.8. The van der Waals surface area contributed by atoms with E-state index in [1.165, 1.54) is 6.07 Å². The van der Waals surface area contributed by atoms with Gasteiger partial charge < -0.3 is 15.0 Å². The van der Waals surface area contributed by atoms with Crippen molar-refractivity contribution in [3.05, 3.63) is 114 Å². The highest BCUT2D eigenvalue weighted by molar-refractivity contribution is 6.10. The first kappa shape index (κ1) is 23.7. The van der Waals surface area contributed by atoms with Crippen LogP contribution < -0.4 is 10.1 Å². The first-order chi connectivity index (χ1) is 18.0. The van der Waals surface area contributed by atoms with E-state index in [1.54, 1.807) is 55.5 Å². The standard InChI is InChI=1S/C30H23N3O4/c1-2-27(34)37-24-10-6-9-22(17-24)30(36)31-23-14-11-20(12-15-23)29-32-25-16-13-21(18-26(25)33-29)28(35)19-7-4-3-5-8-19/h3-18H,2H2,1H3,(H,31,36)(H,32,33). The summed E-state index contributed by atoms with van der Waals surface area (Å²) >= 11 is 0. The number of ether oxygens (including phenoxy) is 1. The number of imidazole rings is 1. The minimum atomic E-state index is -0.363. The SMILES string of the molecule is CCC(=O)Oc1cccc(C(=O)Nc2ccc(-c3nc4ccc(C(=O)c5ccccc5)cc4[nH]3)cc2)c1. The zero-order valence-electron chi connectivity index (χ0n) is 20.0. The molecule has 1 aromatic heterocycles. The van der Waals surface area contributed by atoms with Gasteiger partial charge in [0.05, 0.1) is 11.0 Å². The average Bonchev–Trinajstić information content (AvgIpc) is 3.37. The van der Waals surface area contributed by atoms with Crippen LogP contribution in [0.1, 0.15) is 39.6 Å². The Morgan fingerprint density at radius 3 is 2.32 bits per heavy atom. The minimum Gasteiger partial charge on any atom is -0.427 e. The lowest BCUT2D eigenvalue weighted by Crippen LogP contribution is -2.12. The molecule has 4 aromatic carbocycles. The van der Waals surface area contributed by atoms with E-state index in [2.05, 4.69) is 15.3 Å². The summed E-state index contributed by atoms with van der Waals surface area (Å²) < 4.78 is 5.19. The molecule has 0 saturated heterocycles. The summed E-state index contributed by atoms with van der Waals surface area (Å²) in [6.07, 6.45) is 0.251. The summed E-state index contributed by atoms with van der Waals surface area (Å²) in [5, 5.41) is 2.85. The van der Waals surface area contributed by atoms with E-state index < -0.39 is 0 Å². The van der Waals surface area contributed by atoms with Gasteiger partial charge in [-0.2, -0.15) is 0 Å². The quantitative estimate of drug-likeness (QED) is 0.165. The molecule has 0 bridgehead atoms. The second-order valence-electron chi connectivity index (χ2n) is 8.40. The van der Waals surface area contributed by atoms with Gasteiger partial charge in [0.25, 0.3) is 5.91 Å². The molecule has 0 aliphatic rings. The first-order valence-corrected chi connectivity index (χ1v) is 11.8. The third kappa shape index (κ3) is 5.31. The smallest absolute Gasteiger partial charge is 0.310 e. The predicted molar refractivity (Wildman–Crippen MR) is 142 cm³/mol. The van der Waals surface area contributed by atoms with Gasteiger partial charge in [-0.05, 0) is 60.7 Å². The highest BCUT2D eigenvalue weighted by Crippen LogP contribution is 2.24. The molecule has 0 unspecified atom stereocenters. The zero-order chi connectivity index (χ0) is 25.8. The number of benzene rings is 4. The number of nitrogens with one attached hydrogen (secondary N) is 2. The molecule has 1 amide bonds. The van der Waals surface area contributed by atoms with Crippen molar-refractivity contribution >= 4 is 34.4 Å². The molecule has 0 radical (unpaired) electrons. The van der Waals surface area contributed by atoms with Crippen molar-refractivity contribution in [3.8, 4) is 17.1 Å². The van der Waals surface area contributed by atoms with Gasteiger partial charge in [-0.15, -0.1) is 0 Å². The van der Waals surface area contributed by atoms with Crippen LogP contribution in [0.5, 0.6) is 5.75 Å². The highest BCUT2D eigenvalue weighted by Gasteiger charge is 2.13. The number of nitrogens with zero attached hydrogens (tertiary/aromatic N) is 1. The van der Waals surface area contributed by atoms with E-state index in [0.717, 1.165) is 16.6 Å². The number of carbonyl (C=O) groups is 3. The third-order valence-corrected chi connectivity index (χ3v) is 5.81. The van der Waals surface area contributed by atoms with Crippen molar-refractivity contribution in [1.29, 1.82) is 0 Å². The van der Waals surface area contributed by atoms with Crippen molar-refractivity contribution < 1.29 is 19.1 Å². The molecule has 0 spiro atoms. The Morgan fingerprint density at radius 2 is 1.57 bits per heavy atom. The van der Waals surface area contributed by atoms with Crippen LogP contribution in [-0.4, -0.2) is 27.6 Å². The van der Waals surface area contributed by atoms with Crippen LogP contribution >= 0.6 is 0 Å². The molecule has 1 heterocycles. The van der Waals surface area contributed by atoms with Crippen LogP contribution in [0.2, 0.25) is 0 Å². The number of ketones is 1. The third-order valence-electron chi connectivity index (χ3n) is 5.81. The van der Waals surface area contributed by atoms with E-state index in [0.29, 0.717) is 34.0 Å². The summed E-state index contributed by atoms with van der Waals surface area (Å²) in [7, 11) is 0. The molecule has 7 nitrogen and oxygen atoms in total.